The number of allylic oxidation sites excluding steroid dienone is 2. The number of aliphatic hydroxyl groups is 1. The van der Waals surface area contributed by atoms with Gasteiger partial charge >= 0.3 is 5.97 Å². The molecule has 0 aromatic carbocycles. The van der Waals surface area contributed by atoms with Gasteiger partial charge in [-0.25, -0.2) is 4.79 Å². The fraction of sp³-hybridized carbons (Fsp3) is 0.630. The van der Waals surface area contributed by atoms with E-state index in [1.165, 1.54) is 6.08 Å². The average Bonchev–Trinajstić information content (AvgIpc) is 2.79. The number of carbonyl (C=O) groups is 4. The number of aliphatic hydroxyl groups excluding tert-OH is 1. The summed E-state index contributed by atoms with van der Waals surface area (Å²) >= 11 is 0. The molecule has 194 valence electrons. The van der Waals surface area contributed by atoms with Crippen molar-refractivity contribution in [2.24, 2.45) is 17.8 Å². The molecule has 0 bridgehead atoms. The number of nitrogens with one attached hydrogen (secondary N) is 1. The molecule has 2 aliphatic heterocycles. The van der Waals surface area contributed by atoms with Crippen LogP contribution in [0.25, 0.3) is 0 Å². The molecule has 2 unspecified atom stereocenters. The lowest BCUT2D eigenvalue weighted by Gasteiger charge is -2.27. The molecule has 8 nitrogen and oxygen atoms in total. The van der Waals surface area contributed by atoms with E-state index >= 15 is 0 Å². The summed E-state index contributed by atoms with van der Waals surface area (Å²) in [6, 6.07) is 0. The van der Waals surface area contributed by atoms with Crippen LogP contribution in [0, 0.1) is 17.8 Å². The van der Waals surface area contributed by atoms with Gasteiger partial charge in [-0.05, 0) is 44.1 Å². The van der Waals surface area contributed by atoms with E-state index in [-0.39, 0.29) is 35.9 Å². The van der Waals surface area contributed by atoms with Gasteiger partial charge in [0.25, 0.3) is 0 Å². The molecule has 0 radical (unpaired) electrons. The molecule has 2 amide bonds. The number of imide groups is 1. The van der Waals surface area contributed by atoms with E-state index in [4.69, 9.17) is 9.47 Å². The molecule has 5 atom stereocenters. The lowest BCUT2D eigenvalue weighted by molar-refractivity contribution is -0.145. The molecule has 2 rings (SSSR count). The normalized spacial score (nSPS) is 28.0. The summed E-state index contributed by atoms with van der Waals surface area (Å²) in [5.41, 5.74) is 0.685. The van der Waals surface area contributed by atoms with Gasteiger partial charge in [0.05, 0.1) is 12.0 Å². The molecular formula is C27H39NO7. The van der Waals surface area contributed by atoms with Crippen LogP contribution in [0.15, 0.2) is 36.0 Å². The van der Waals surface area contributed by atoms with E-state index in [0.29, 0.717) is 44.1 Å². The number of Topliss-reactive ketones (excluding diaryl/α,β-unsaturated/α-hetero) is 1. The summed E-state index contributed by atoms with van der Waals surface area (Å²) in [5.74, 6) is -2.06. The van der Waals surface area contributed by atoms with Crippen molar-refractivity contribution in [3.8, 4) is 0 Å². The predicted molar refractivity (Wildman–Crippen MR) is 131 cm³/mol. The fourth-order valence-electron chi connectivity index (χ4n) is 4.61. The largest absolute Gasteiger partial charge is 0.454 e. The Bertz CT molecular complexity index is 844. The molecule has 0 spiro atoms. The Balaban J connectivity index is 2.11. The fourth-order valence-corrected chi connectivity index (χ4v) is 4.61. The van der Waals surface area contributed by atoms with Crippen molar-refractivity contribution in [2.45, 2.75) is 84.0 Å². The molecule has 0 aromatic heterocycles. The van der Waals surface area contributed by atoms with Crippen molar-refractivity contribution in [3.05, 3.63) is 36.0 Å². The second kappa shape index (κ2) is 14.1. The number of piperidine rings is 1. The van der Waals surface area contributed by atoms with Crippen molar-refractivity contribution in [2.75, 3.05) is 7.11 Å². The number of ketones is 1. The molecular weight excluding hydrogens is 450 g/mol. The highest BCUT2D eigenvalue weighted by Crippen LogP contribution is 2.25. The molecule has 0 saturated carbocycles. The maximum atomic E-state index is 13.0. The lowest BCUT2D eigenvalue weighted by Crippen LogP contribution is -2.38. The first-order chi connectivity index (χ1) is 16.6. The van der Waals surface area contributed by atoms with Gasteiger partial charge in [0.1, 0.15) is 18.0 Å². The first-order valence-corrected chi connectivity index (χ1v) is 12.4. The van der Waals surface area contributed by atoms with Crippen molar-refractivity contribution in [3.63, 3.8) is 0 Å². The van der Waals surface area contributed by atoms with Crippen LogP contribution < -0.4 is 5.32 Å². The summed E-state index contributed by atoms with van der Waals surface area (Å²) in [4.78, 5) is 48.6. The van der Waals surface area contributed by atoms with E-state index in [2.05, 4.69) is 5.32 Å². The van der Waals surface area contributed by atoms with Crippen molar-refractivity contribution < 1.29 is 33.8 Å². The third-order valence-electron chi connectivity index (χ3n) is 6.67. The molecule has 1 saturated heterocycles. The zero-order valence-electron chi connectivity index (χ0n) is 21.2. The molecule has 2 aliphatic rings. The van der Waals surface area contributed by atoms with Crippen LogP contribution >= 0.6 is 0 Å². The number of hydrogen-bond acceptors (Lipinski definition) is 7. The van der Waals surface area contributed by atoms with E-state index in [9.17, 15) is 24.3 Å². The van der Waals surface area contributed by atoms with Crippen molar-refractivity contribution in [1.82, 2.24) is 5.32 Å². The van der Waals surface area contributed by atoms with Crippen LogP contribution in [0.1, 0.15) is 65.7 Å². The Morgan fingerprint density at radius 1 is 1.20 bits per heavy atom. The van der Waals surface area contributed by atoms with Gasteiger partial charge in [0.15, 0.2) is 0 Å². The number of amides is 2. The standard InChI is InChI=1S/C27H39NO7/c1-17-14-18(2)27(35-25(32)13-8-6-5-7-12-22(34-4)26(17)33)19(3)21(29)11-9-10-20-15-23(30)28-24(31)16-20/h7-8,12-14,17,19-20,22,26-27,33H,5-6,9-11,15-16H2,1-4H3,(H,28,30,31)/t17-,19?,22+,26+,27?/m1/s1. The molecule has 2 heterocycles. The highest BCUT2D eigenvalue weighted by molar-refractivity contribution is 5.97. The first kappa shape index (κ1) is 28.7. The Kier molecular flexibility index (Phi) is 11.5. The van der Waals surface area contributed by atoms with Crippen LogP contribution in [0.4, 0.5) is 0 Å². The maximum Gasteiger partial charge on any atom is 0.331 e. The van der Waals surface area contributed by atoms with Gasteiger partial charge in [0, 0.05) is 38.4 Å². The minimum absolute atomic E-state index is 0.0524. The highest BCUT2D eigenvalue weighted by Gasteiger charge is 2.31. The van der Waals surface area contributed by atoms with Crippen molar-refractivity contribution in [1.29, 1.82) is 0 Å². The summed E-state index contributed by atoms with van der Waals surface area (Å²) in [7, 11) is 1.55. The Hall–Kier alpha value is -2.58. The summed E-state index contributed by atoms with van der Waals surface area (Å²) in [6.45, 7) is 5.39. The second-order valence-electron chi connectivity index (χ2n) is 9.62. The van der Waals surface area contributed by atoms with Gasteiger partial charge in [-0.1, -0.05) is 38.2 Å². The van der Waals surface area contributed by atoms with Gasteiger partial charge in [-0.15, -0.1) is 0 Å². The number of methoxy groups -OCH3 is 1. The quantitative estimate of drug-likeness (QED) is 0.320. The Labute approximate surface area is 207 Å². The van der Waals surface area contributed by atoms with Crippen LogP contribution in [0.2, 0.25) is 0 Å². The van der Waals surface area contributed by atoms with Gasteiger partial charge < -0.3 is 14.6 Å². The molecule has 0 aromatic rings. The van der Waals surface area contributed by atoms with Crippen molar-refractivity contribution >= 4 is 23.6 Å². The zero-order chi connectivity index (χ0) is 26.0. The number of hydrogen-bond donors (Lipinski definition) is 2. The minimum atomic E-state index is -0.803. The Morgan fingerprint density at radius 2 is 1.86 bits per heavy atom. The SMILES string of the molecule is CO[C@H]1C=CCCC=CC(=O)OC(C(C)C(=O)CCCC2CC(=O)NC(=O)C2)C(C)=C[C@@H](C)[C@@H]1O. The smallest absolute Gasteiger partial charge is 0.331 e. The molecule has 8 heteroatoms. The average molecular weight is 490 g/mol. The van der Waals surface area contributed by atoms with Gasteiger partial charge in [-0.3, -0.25) is 19.7 Å². The zero-order valence-corrected chi connectivity index (χ0v) is 21.2. The minimum Gasteiger partial charge on any atom is -0.454 e. The molecule has 35 heavy (non-hydrogen) atoms. The number of carbonyl (C=O) groups excluding carboxylic acids is 4. The van der Waals surface area contributed by atoms with E-state index in [1.807, 2.05) is 25.2 Å². The van der Waals surface area contributed by atoms with Gasteiger partial charge in [-0.2, -0.15) is 0 Å². The van der Waals surface area contributed by atoms with Crippen LogP contribution in [-0.2, 0) is 28.7 Å². The van der Waals surface area contributed by atoms with Crippen LogP contribution in [0.3, 0.4) is 0 Å². The van der Waals surface area contributed by atoms with E-state index in [0.717, 1.165) is 0 Å². The topological polar surface area (TPSA) is 119 Å². The van der Waals surface area contributed by atoms with E-state index < -0.39 is 30.2 Å². The number of cyclic esters (lactones) is 1. The summed E-state index contributed by atoms with van der Waals surface area (Å²) < 4.78 is 11.1. The Morgan fingerprint density at radius 3 is 2.51 bits per heavy atom. The number of esters is 1. The molecule has 1 fully saturated rings. The third-order valence-corrected chi connectivity index (χ3v) is 6.67. The summed E-state index contributed by atoms with van der Waals surface area (Å²) in [5, 5.41) is 13.1. The number of rotatable bonds is 7. The third kappa shape index (κ3) is 9.18. The maximum absolute atomic E-state index is 13.0. The first-order valence-electron chi connectivity index (χ1n) is 12.4. The van der Waals surface area contributed by atoms with Crippen LogP contribution in [0.5, 0.6) is 0 Å². The highest BCUT2D eigenvalue weighted by atomic mass is 16.5. The summed E-state index contributed by atoms with van der Waals surface area (Å²) in [6.07, 6.45) is 9.96. The van der Waals surface area contributed by atoms with Crippen LogP contribution in [-0.4, -0.2) is 54.1 Å². The predicted octanol–water partition coefficient (Wildman–Crippen LogP) is 3.19. The number of ether oxygens (including phenoxy) is 2. The lowest BCUT2D eigenvalue weighted by atomic mass is 9.86. The van der Waals surface area contributed by atoms with E-state index in [1.54, 1.807) is 27.0 Å². The second-order valence-corrected chi connectivity index (χ2v) is 9.62. The van der Waals surface area contributed by atoms with Gasteiger partial charge in [0.2, 0.25) is 11.8 Å². The molecule has 2 N–H and O–H groups in total. The molecule has 0 aliphatic carbocycles. The monoisotopic (exact) mass is 489 g/mol.